The molecule has 0 amide bonds. The molecule has 0 unspecified atom stereocenters. The fraction of sp³-hybridized carbons (Fsp3) is 0.273. The standard InChI is InChI=1S/C11H10F5N/c1-7(6-17)8-3-2-4-9(5-8)10(12,13)11(14,15)16/h2-5H,1,6,17H2. The number of alkyl halides is 5. The first-order chi connectivity index (χ1) is 7.70. The molecule has 0 radical (unpaired) electrons. The molecule has 1 nitrogen and oxygen atoms in total. The van der Waals surface area contributed by atoms with E-state index >= 15 is 0 Å². The summed E-state index contributed by atoms with van der Waals surface area (Å²) in [6.07, 6.45) is -5.62. The Hall–Kier alpha value is -1.43. The Balaban J connectivity index is 3.21. The molecule has 17 heavy (non-hydrogen) atoms. The predicted molar refractivity (Wildman–Crippen MR) is 54.5 cm³/mol. The highest BCUT2D eigenvalue weighted by atomic mass is 19.4. The van der Waals surface area contributed by atoms with Crippen molar-refractivity contribution < 1.29 is 22.0 Å². The quantitative estimate of drug-likeness (QED) is 0.819. The minimum atomic E-state index is -5.62. The molecule has 1 aromatic rings. The Bertz CT molecular complexity index is 422. The molecule has 6 heteroatoms. The summed E-state index contributed by atoms with van der Waals surface area (Å²) in [7, 11) is 0. The molecular formula is C11H10F5N. The molecule has 0 atom stereocenters. The zero-order valence-corrected chi connectivity index (χ0v) is 8.69. The number of halogens is 5. The summed E-state index contributed by atoms with van der Waals surface area (Å²) in [4.78, 5) is 0. The lowest BCUT2D eigenvalue weighted by Gasteiger charge is -2.20. The van der Waals surface area contributed by atoms with E-state index in [-0.39, 0.29) is 12.1 Å². The molecule has 0 spiro atoms. The number of nitrogens with two attached hydrogens (primary N) is 1. The van der Waals surface area contributed by atoms with Gasteiger partial charge in [-0.25, -0.2) is 0 Å². The Labute approximate surface area is 94.7 Å². The second-order valence-corrected chi connectivity index (χ2v) is 3.46. The van der Waals surface area contributed by atoms with E-state index in [2.05, 4.69) is 6.58 Å². The Morgan fingerprint density at radius 3 is 2.24 bits per heavy atom. The third-order valence-electron chi connectivity index (χ3n) is 2.24. The van der Waals surface area contributed by atoms with Crippen LogP contribution in [0.3, 0.4) is 0 Å². The fourth-order valence-corrected chi connectivity index (χ4v) is 1.22. The van der Waals surface area contributed by atoms with Gasteiger partial charge in [0.15, 0.2) is 0 Å². The lowest BCUT2D eigenvalue weighted by molar-refractivity contribution is -0.289. The van der Waals surface area contributed by atoms with Crippen LogP contribution in [0.5, 0.6) is 0 Å². The van der Waals surface area contributed by atoms with Crippen molar-refractivity contribution in [3.8, 4) is 0 Å². The number of benzene rings is 1. The third kappa shape index (κ3) is 2.63. The minimum Gasteiger partial charge on any atom is -0.326 e. The minimum absolute atomic E-state index is 0.0129. The summed E-state index contributed by atoms with van der Waals surface area (Å²) in [5, 5.41) is 0. The molecular weight excluding hydrogens is 241 g/mol. The highest BCUT2D eigenvalue weighted by Crippen LogP contribution is 2.44. The van der Waals surface area contributed by atoms with E-state index in [4.69, 9.17) is 5.73 Å². The average Bonchev–Trinajstić information content (AvgIpc) is 2.26. The molecule has 0 aliphatic heterocycles. The van der Waals surface area contributed by atoms with E-state index in [1.807, 2.05) is 0 Å². The maximum atomic E-state index is 13.0. The van der Waals surface area contributed by atoms with Crippen molar-refractivity contribution >= 4 is 5.57 Å². The summed E-state index contributed by atoms with van der Waals surface area (Å²) in [5.74, 6) is -4.88. The van der Waals surface area contributed by atoms with Gasteiger partial charge in [0, 0.05) is 12.1 Å². The van der Waals surface area contributed by atoms with Crippen molar-refractivity contribution in [3.63, 3.8) is 0 Å². The van der Waals surface area contributed by atoms with E-state index in [0.29, 0.717) is 5.57 Å². The summed E-state index contributed by atoms with van der Waals surface area (Å²) >= 11 is 0. The largest absolute Gasteiger partial charge is 0.458 e. The Kier molecular flexibility index (Phi) is 3.56. The molecule has 0 saturated heterocycles. The van der Waals surface area contributed by atoms with Gasteiger partial charge >= 0.3 is 12.1 Å². The van der Waals surface area contributed by atoms with Crippen LogP contribution in [0.4, 0.5) is 22.0 Å². The smallest absolute Gasteiger partial charge is 0.326 e. The van der Waals surface area contributed by atoms with Gasteiger partial charge in [-0.05, 0) is 17.2 Å². The van der Waals surface area contributed by atoms with Gasteiger partial charge in [0.2, 0.25) is 0 Å². The summed E-state index contributed by atoms with van der Waals surface area (Å²) in [6.45, 7) is 3.46. The normalized spacial score (nSPS) is 12.6. The molecule has 0 bridgehead atoms. The number of rotatable bonds is 3. The van der Waals surface area contributed by atoms with Gasteiger partial charge < -0.3 is 5.73 Å². The van der Waals surface area contributed by atoms with E-state index < -0.39 is 17.7 Å². The van der Waals surface area contributed by atoms with Crippen LogP contribution in [0.25, 0.3) is 5.57 Å². The van der Waals surface area contributed by atoms with E-state index in [1.165, 1.54) is 6.07 Å². The maximum Gasteiger partial charge on any atom is 0.458 e. The summed E-state index contributed by atoms with van der Waals surface area (Å²) in [6, 6.07) is 3.97. The highest BCUT2D eigenvalue weighted by molar-refractivity contribution is 5.65. The van der Waals surface area contributed by atoms with Gasteiger partial charge in [-0.3, -0.25) is 0 Å². The molecule has 1 rings (SSSR count). The zero-order valence-electron chi connectivity index (χ0n) is 8.69. The van der Waals surface area contributed by atoms with Crippen LogP contribution in [0, 0.1) is 0 Å². The maximum absolute atomic E-state index is 13.0. The van der Waals surface area contributed by atoms with E-state index in [0.717, 1.165) is 18.2 Å². The van der Waals surface area contributed by atoms with Crippen LogP contribution in [0.2, 0.25) is 0 Å². The van der Waals surface area contributed by atoms with Crippen molar-refractivity contribution in [2.75, 3.05) is 6.54 Å². The van der Waals surface area contributed by atoms with Crippen LogP contribution >= 0.6 is 0 Å². The van der Waals surface area contributed by atoms with E-state index in [1.54, 1.807) is 0 Å². The second kappa shape index (κ2) is 4.44. The van der Waals surface area contributed by atoms with Gasteiger partial charge in [0.05, 0.1) is 0 Å². The van der Waals surface area contributed by atoms with Crippen LogP contribution in [0.1, 0.15) is 11.1 Å². The first-order valence-electron chi connectivity index (χ1n) is 4.63. The Morgan fingerprint density at radius 1 is 1.18 bits per heavy atom. The molecule has 0 aromatic heterocycles. The molecule has 2 N–H and O–H groups in total. The van der Waals surface area contributed by atoms with Gasteiger partial charge in [0.25, 0.3) is 0 Å². The van der Waals surface area contributed by atoms with Crippen LogP contribution in [-0.4, -0.2) is 12.7 Å². The van der Waals surface area contributed by atoms with Crippen LogP contribution < -0.4 is 5.73 Å². The average molecular weight is 251 g/mol. The Morgan fingerprint density at radius 2 is 1.76 bits per heavy atom. The predicted octanol–water partition coefficient (Wildman–Crippen LogP) is 3.31. The first kappa shape index (κ1) is 13.6. The summed E-state index contributed by atoms with van der Waals surface area (Å²) < 4.78 is 62.5. The molecule has 94 valence electrons. The van der Waals surface area contributed by atoms with Crippen molar-refractivity contribution in [1.82, 2.24) is 0 Å². The van der Waals surface area contributed by atoms with Crippen LogP contribution in [0.15, 0.2) is 30.8 Å². The lowest BCUT2D eigenvalue weighted by atomic mass is 10.0. The second-order valence-electron chi connectivity index (χ2n) is 3.46. The van der Waals surface area contributed by atoms with Crippen LogP contribution in [-0.2, 0) is 5.92 Å². The lowest BCUT2D eigenvalue weighted by Crippen LogP contribution is -2.33. The van der Waals surface area contributed by atoms with Gasteiger partial charge in [-0.15, -0.1) is 0 Å². The number of hydrogen-bond acceptors (Lipinski definition) is 1. The van der Waals surface area contributed by atoms with Crippen molar-refractivity contribution in [2.24, 2.45) is 5.73 Å². The molecule has 0 aliphatic rings. The van der Waals surface area contributed by atoms with Gasteiger partial charge in [0.1, 0.15) is 0 Å². The van der Waals surface area contributed by atoms with Gasteiger partial charge in [-0.1, -0.05) is 24.8 Å². The summed E-state index contributed by atoms with van der Waals surface area (Å²) in [5.41, 5.74) is 4.60. The third-order valence-corrected chi connectivity index (χ3v) is 2.24. The fourth-order valence-electron chi connectivity index (χ4n) is 1.22. The van der Waals surface area contributed by atoms with Crippen molar-refractivity contribution in [3.05, 3.63) is 42.0 Å². The SMILES string of the molecule is C=C(CN)c1cccc(C(F)(F)C(F)(F)F)c1. The monoisotopic (exact) mass is 251 g/mol. The molecule has 0 aliphatic carbocycles. The number of hydrogen-bond donors (Lipinski definition) is 1. The van der Waals surface area contributed by atoms with Crippen molar-refractivity contribution in [1.29, 1.82) is 0 Å². The first-order valence-corrected chi connectivity index (χ1v) is 4.63. The topological polar surface area (TPSA) is 26.0 Å². The highest BCUT2D eigenvalue weighted by Gasteiger charge is 2.58. The van der Waals surface area contributed by atoms with E-state index in [9.17, 15) is 22.0 Å². The van der Waals surface area contributed by atoms with Crippen molar-refractivity contribution in [2.45, 2.75) is 12.1 Å². The zero-order chi connectivity index (χ0) is 13.3. The molecule has 1 aromatic carbocycles. The molecule has 0 heterocycles. The molecule has 0 saturated carbocycles. The van der Waals surface area contributed by atoms with Gasteiger partial charge in [-0.2, -0.15) is 22.0 Å². The molecule has 0 fully saturated rings.